The summed E-state index contributed by atoms with van der Waals surface area (Å²) in [5, 5.41) is 0. The zero-order chi connectivity index (χ0) is 17.2. The Labute approximate surface area is 143 Å². The van der Waals surface area contributed by atoms with Crippen molar-refractivity contribution < 1.29 is 4.74 Å². The first-order valence-electron chi connectivity index (χ1n) is 8.01. The molecule has 0 aromatic heterocycles. The minimum absolute atomic E-state index is 0.135. The van der Waals surface area contributed by atoms with Gasteiger partial charge in [0.25, 0.3) is 0 Å². The molecule has 5 N–H and O–H groups in total. The summed E-state index contributed by atoms with van der Waals surface area (Å²) in [7, 11) is 0. The number of hydrogen-bond donors (Lipinski definition) is 3. The fourth-order valence-corrected chi connectivity index (χ4v) is 3.68. The molecule has 0 saturated heterocycles. The number of ether oxygens (including phenoxy) is 1. The second kappa shape index (κ2) is 7.01. The number of nitrogens with zero attached hydrogens (tertiary/aromatic N) is 1. The Kier molecular flexibility index (Phi) is 5.47. The van der Waals surface area contributed by atoms with E-state index in [1.807, 2.05) is 0 Å². The molecule has 1 aliphatic rings. The van der Waals surface area contributed by atoms with Gasteiger partial charge in [0.2, 0.25) is 0 Å². The third kappa shape index (κ3) is 3.93. The topological polar surface area (TPSA) is 85.7 Å². The van der Waals surface area contributed by atoms with Gasteiger partial charge in [-0.2, -0.15) is 0 Å². The SMILES string of the molecule is Cc1c(C)c(SNC(N)=NCCCN)c(C)c2c1OC(C)(C)C2. The maximum atomic E-state index is 6.14. The van der Waals surface area contributed by atoms with Gasteiger partial charge in [-0.25, -0.2) is 0 Å². The van der Waals surface area contributed by atoms with Gasteiger partial charge >= 0.3 is 0 Å². The number of nitrogens with one attached hydrogen (secondary N) is 1. The number of guanidine groups is 1. The van der Waals surface area contributed by atoms with Crippen LogP contribution in [0.2, 0.25) is 0 Å². The number of benzene rings is 1. The van der Waals surface area contributed by atoms with Crippen LogP contribution in [0.25, 0.3) is 0 Å². The molecule has 1 heterocycles. The molecule has 0 bridgehead atoms. The Hall–Kier alpha value is -1.40. The molecule has 6 heteroatoms. The van der Waals surface area contributed by atoms with Gasteiger partial charge in [0.05, 0.1) is 0 Å². The lowest BCUT2D eigenvalue weighted by Crippen LogP contribution is -2.26. The normalized spacial score (nSPS) is 16.2. The first-order chi connectivity index (χ1) is 10.8. The second-order valence-corrected chi connectivity index (χ2v) is 7.48. The molecule has 0 saturated carbocycles. The van der Waals surface area contributed by atoms with Gasteiger partial charge in [-0.1, -0.05) is 0 Å². The average Bonchev–Trinajstić information content (AvgIpc) is 2.81. The molecule has 0 spiro atoms. The minimum atomic E-state index is -0.135. The summed E-state index contributed by atoms with van der Waals surface area (Å²) in [4.78, 5) is 5.47. The number of rotatable bonds is 5. The monoisotopic (exact) mass is 336 g/mol. The van der Waals surface area contributed by atoms with Crippen LogP contribution in [-0.2, 0) is 6.42 Å². The van der Waals surface area contributed by atoms with Crippen LogP contribution in [0.1, 0.15) is 42.5 Å². The van der Waals surface area contributed by atoms with Gasteiger partial charge in [0.1, 0.15) is 11.4 Å². The van der Waals surface area contributed by atoms with Crippen molar-refractivity contribution in [1.82, 2.24) is 4.72 Å². The number of nitrogens with two attached hydrogens (primary N) is 2. The van der Waals surface area contributed by atoms with E-state index in [9.17, 15) is 0 Å². The summed E-state index contributed by atoms with van der Waals surface area (Å²) >= 11 is 1.53. The summed E-state index contributed by atoms with van der Waals surface area (Å²) in [5.74, 6) is 1.50. The van der Waals surface area contributed by atoms with E-state index < -0.39 is 0 Å². The molecule has 128 valence electrons. The molecule has 2 rings (SSSR count). The highest BCUT2D eigenvalue weighted by Crippen LogP contribution is 2.44. The van der Waals surface area contributed by atoms with Crippen molar-refractivity contribution in [3.05, 3.63) is 22.3 Å². The van der Waals surface area contributed by atoms with E-state index >= 15 is 0 Å². The molecule has 0 unspecified atom stereocenters. The van der Waals surface area contributed by atoms with Crippen molar-refractivity contribution in [2.45, 2.75) is 58.0 Å². The zero-order valence-corrected chi connectivity index (χ0v) is 15.6. The maximum absolute atomic E-state index is 6.14. The van der Waals surface area contributed by atoms with Crippen molar-refractivity contribution in [2.75, 3.05) is 13.1 Å². The summed E-state index contributed by atoms with van der Waals surface area (Å²) in [6, 6.07) is 0. The summed E-state index contributed by atoms with van der Waals surface area (Å²) in [6.45, 7) is 12.0. The molecule has 0 fully saturated rings. The average molecular weight is 337 g/mol. The summed E-state index contributed by atoms with van der Waals surface area (Å²) in [5.41, 5.74) is 16.2. The Morgan fingerprint density at radius 2 is 1.96 bits per heavy atom. The first kappa shape index (κ1) is 17.9. The van der Waals surface area contributed by atoms with Crippen molar-refractivity contribution in [3.63, 3.8) is 0 Å². The summed E-state index contributed by atoms with van der Waals surface area (Å²) in [6.07, 6.45) is 1.78. The largest absolute Gasteiger partial charge is 0.487 e. The fraction of sp³-hybridized carbons (Fsp3) is 0.588. The Morgan fingerprint density at radius 1 is 1.26 bits per heavy atom. The predicted octanol–water partition coefficient (Wildman–Crippen LogP) is 2.59. The number of hydrogen-bond acceptors (Lipinski definition) is 4. The maximum Gasteiger partial charge on any atom is 0.199 e. The van der Waals surface area contributed by atoms with Gasteiger partial charge in [0.15, 0.2) is 5.96 Å². The third-order valence-corrected chi connectivity index (χ3v) is 5.32. The Balaban J connectivity index is 2.21. The zero-order valence-electron chi connectivity index (χ0n) is 14.7. The molecule has 23 heavy (non-hydrogen) atoms. The molecule has 0 atom stereocenters. The van der Waals surface area contributed by atoms with Gasteiger partial charge in [0, 0.05) is 23.4 Å². The molecule has 0 radical (unpaired) electrons. The highest BCUT2D eigenvalue weighted by molar-refractivity contribution is 7.98. The van der Waals surface area contributed by atoms with E-state index in [0.717, 1.165) is 18.6 Å². The van der Waals surface area contributed by atoms with E-state index in [0.29, 0.717) is 19.0 Å². The van der Waals surface area contributed by atoms with E-state index in [-0.39, 0.29) is 5.60 Å². The number of aliphatic imine (C=N–C) groups is 1. The minimum Gasteiger partial charge on any atom is -0.487 e. The van der Waals surface area contributed by atoms with Crippen LogP contribution in [0, 0.1) is 20.8 Å². The molecule has 5 nitrogen and oxygen atoms in total. The second-order valence-electron chi connectivity index (χ2n) is 6.66. The van der Waals surface area contributed by atoms with Crippen LogP contribution < -0.4 is 20.9 Å². The molecule has 0 amide bonds. The highest BCUT2D eigenvalue weighted by atomic mass is 32.2. The fourth-order valence-electron chi connectivity index (χ4n) is 2.82. The van der Waals surface area contributed by atoms with Crippen LogP contribution in [0.15, 0.2) is 9.89 Å². The van der Waals surface area contributed by atoms with Crippen LogP contribution in [0.4, 0.5) is 0 Å². The van der Waals surface area contributed by atoms with Crippen molar-refractivity contribution >= 4 is 17.9 Å². The Bertz CT molecular complexity index is 626. The van der Waals surface area contributed by atoms with Crippen LogP contribution >= 0.6 is 11.9 Å². The lowest BCUT2D eigenvalue weighted by atomic mass is 9.94. The van der Waals surface area contributed by atoms with E-state index in [4.69, 9.17) is 16.2 Å². The van der Waals surface area contributed by atoms with E-state index in [1.165, 1.54) is 39.1 Å². The molecule has 0 aliphatic carbocycles. The van der Waals surface area contributed by atoms with Crippen LogP contribution in [-0.4, -0.2) is 24.7 Å². The molecule has 1 aromatic carbocycles. The van der Waals surface area contributed by atoms with E-state index in [1.54, 1.807) is 0 Å². The molecular formula is C17H28N4OS. The van der Waals surface area contributed by atoms with Crippen molar-refractivity contribution in [3.8, 4) is 5.75 Å². The smallest absolute Gasteiger partial charge is 0.199 e. The van der Waals surface area contributed by atoms with Gasteiger partial charge < -0.3 is 16.2 Å². The molecule has 1 aromatic rings. The number of fused-ring (bicyclic) bond motifs is 1. The van der Waals surface area contributed by atoms with Gasteiger partial charge in [-0.15, -0.1) is 0 Å². The molecule has 1 aliphatic heterocycles. The molecular weight excluding hydrogens is 308 g/mol. The van der Waals surface area contributed by atoms with Gasteiger partial charge in [-0.3, -0.25) is 9.71 Å². The van der Waals surface area contributed by atoms with Crippen LogP contribution in [0.3, 0.4) is 0 Å². The van der Waals surface area contributed by atoms with Crippen molar-refractivity contribution in [2.24, 2.45) is 16.5 Å². The Morgan fingerprint density at radius 3 is 2.61 bits per heavy atom. The van der Waals surface area contributed by atoms with E-state index in [2.05, 4.69) is 44.3 Å². The first-order valence-corrected chi connectivity index (χ1v) is 8.83. The van der Waals surface area contributed by atoms with Crippen LogP contribution in [0.5, 0.6) is 5.75 Å². The standard InChI is InChI=1S/C17H28N4OS/c1-10-11(2)15(23-21-16(19)20-8-6-7-18)12(3)13-9-17(4,5)22-14(10)13/h6-9,18H2,1-5H3,(H3,19,20,21). The predicted molar refractivity (Wildman–Crippen MR) is 98.2 cm³/mol. The quantitative estimate of drug-likeness (QED) is 0.333. The lowest BCUT2D eigenvalue weighted by Gasteiger charge is -2.19. The van der Waals surface area contributed by atoms with Gasteiger partial charge in [-0.05, 0) is 76.2 Å². The van der Waals surface area contributed by atoms with Crippen molar-refractivity contribution in [1.29, 1.82) is 0 Å². The lowest BCUT2D eigenvalue weighted by molar-refractivity contribution is 0.137. The highest BCUT2D eigenvalue weighted by Gasteiger charge is 2.34. The summed E-state index contributed by atoms with van der Waals surface area (Å²) < 4.78 is 9.28. The third-order valence-electron chi connectivity index (χ3n) is 4.19.